The number of anilines is 2. The number of nitrogens with two attached hydrogens (primary N) is 1. The number of aromatic nitrogens is 4. The van der Waals surface area contributed by atoms with Crippen molar-refractivity contribution in [3.8, 4) is 17.0 Å². The predicted molar refractivity (Wildman–Crippen MR) is 98.5 cm³/mol. The second-order valence-corrected chi connectivity index (χ2v) is 6.01. The van der Waals surface area contributed by atoms with Crippen molar-refractivity contribution in [3.63, 3.8) is 0 Å². The number of nitrogens with one attached hydrogen (secondary N) is 1. The minimum atomic E-state index is 0.255. The third kappa shape index (κ3) is 3.88. The Morgan fingerprint density at radius 2 is 1.96 bits per heavy atom. The summed E-state index contributed by atoms with van der Waals surface area (Å²) in [5.41, 5.74) is 8.92. The molecule has 0 aliphatic heterocycles. The third-order valence-corrected chi connectivity index (χ3v) is 3.72. The number of methoxy groups -OCH3 is 1. The first-order chi connectivity index (χ1) is 12.1. The molecule has 3 N–H and O–H groups in total. The molecule has 3 aromatic rings. The summed E-state index contributed by atoms with van der Waals surface area (Å²) in [6.07, 6.45) is 3.45. The summed E-state index contributed by atoms with van der Waals surface area (Å²) in [6, 6.07) is 9.92. The zero-order valence-electron chi connectivity index (χ0n) is 14.6. The molecule has 0 saturated carbocycles. The molecule has 0 spiro atoms. The van der Waals surface area contributed by atoms with Crippen molar-refractivity contribution in [2.75, 3.05) is 18.2 Å². The minimum Gasteiger partial charge on any atom is -0.497 e. The van der Waals surface area contributed by atoms with Crippen LogP contribution in [0, 0.1) is 0 Å². The zero-order valence-corrected chi connectivity index (χ0v) is 14.6. The van der Waals surface area contributed by atoms with Crippen molar-refractivity contribution in [2.24, 2.45) is 0 Å². The van der Waals surface area contributed by atoms with Gasteiger partial charge in [-0.05, 0) is 37.6 Å². The molecule has 0 unspecified atom stereocenters. The lowest BCUT2D eigenvalue weighted by atomic mass is 10.2. The van der Waals surface area contributed by atoms with E-state index in [1.807, 2.05) is 44.2 Å². The second kappa shape index (κ2) is 7.21. The fourth-order valence-corrected chi connectivity index (χ4v) is 2.46. The summed E-state index contributed by atoms with van der Waals surface area (Å²) < 4.78 is 6.94. The van der Waals surface area contributed by atoms with Gasteiger partial charge in [0.2, 0.25) is 5.95 Å². The summed E-state index contributed by atoms with van der Waals surface area (Å²) in [6.45, 7) is 4.66. The summed E-state index contributed by atoms with van der Waals surface area (Å²) in [5.74, 6) is 1.98. The van der Waals surface area contributed by atoms with E-state index in [-0.39, 0.29) is 6.04 Å². The van der Waals surface area contributed by atoms with Gasteiger partial charge in [0, 0.05) is 12.2 Å². The number of hydrogen-bond acceptors (Lipinski definition) is 6. The second-order valence-electron chi connectivity index (χ2n) is 6.01. The number of benzene rings is 1. The van der Waals surface area contributed by atoms with Crippen molar-refractivity contribution >= 4 is 11.8 Å². The first-order valence-corrected chi connectivity index (χ1v) is 8.11. The first-order valence-electron chi connectivity index (χ1n) is 8.11. The standard InChI is InChI=1S/C18H22N6O/c1-12(2)22-18-20-9-8-16(23-18)15-10-21-24(17(15)19)11-13-4-6-14(25-3)7-5-13/h4-10,12H,11,19H2,1-3H3,(H,20,22,23). The van der Waals surface area contributed by atoms with Gasteiger partial charge in [-0.15, -0.1) is 0 Å². The van der Waals surface area contributed by atoms with Crippen LogP contribution in [0.5, 0.6) is 5.75 Å². The maximum atomic E-state index is 6.29. The smallest absolute Gasteiger partial charge is 0.223 e. The molecule has 1 aromatic carbocycles. The summed E-state index contributed by atoms with van der Waals surface area (Å²) in [7, 11) is 1.65. The van der Waals surface area contributed by atoms with Crippen molar-refractivity contribution in [1.29, 1.82) is 0 Å². The fourth-order valence-electron chi connectivity index (χ4n) is 2.46. The number of hydrogen-bond donors (Lipinski definition) is 2. The highest BCUT2D eigenvalue weighted by Crippen LogP contribution is 2.25. The Hall–Kier alpha value is -3.09. The quantitative estimate of drug-likeness (QED) is 0.718. The Kier molecular flexibility index (Phi) is 4.83. The van der Waals surface area contributed by atoms with E-state index in [9.17, 15) is 0 Å². The molecule has 2 aromatic heterocycles. The van der Waals surface area contributed by atoms with E-state index < -0.39 is 0 Å². The summed E-state index contributed by atoms with van der Waals surface area (Å²) >= 11 is 0. The predicted octanol–water partition coefficient (Wildman–Crippen LogP) is 2.80. The maximum Gasteiger partial charge on any atom is 0.223 e. The van der Waals surface area contributed by atoms with Gasteiger partial charge in [-0.1, -0.05) is 12.1 Å². The SMILES string of the molecule is COc1ccc(Cn2ncc(-c3ccnc(NC(C)C)n3)c2N)cc1. The van der Waals surface area contributed by atoms with Crippen LogP contribution in [0.2, 0.25) is 0 Å². The molecular weight excluding hydrogens is 316 g/mol. The lowest BCUT2D eigenvalue weighted by molar-refractivity contribution is 0.414. The normalized spacial score (nSPS) is 10.9. The Morgan fingerprint density at radius 3 is 2.64 bits per heavy atom. The Balaban J connectivity index is 1.83. The van der Waals surface area contributed by atoms with E-state index in [4.69, 9.17) is 10.5 Å². The first kappa shape index (κ1) is 16.8. The number of nitrogens with zero attached hydrogens (tertiary/aromatic N) is 4. The van der Waals surface area contributed by atoms with Crippen LogP contribution in [-0.4, -0.2) is 32.9 Å². The van der Waals surface area contributed by atoms with Crippen LogP contribution in [0.1, 0.15) is 19.4 Å². The highest BCUT2D eigenvalue weighted by atomic mass is 16.5. The molecule has 2 heterocycles. The van der Waals surface area contributed by atoms with Crippen LogP contribution in [0.25, 0.3) is 11.3 Å². The van der Waals surface area contributed by atoms with Crippen molar-refractivity contribution < 1.29 is 4.74 Å². The molecular formula is C18H22N6O. The molecule has 0 radical (unpaired) electrons. The van der Waals surface area contributed by atoms with Gasteiger partial charge < -0.3 is 15.8 Å². The van der Waals surface area contributed by atoms with Gasteiger partial charge in [0.25, 0.3) is 0 Å². The van der Waals surface area contributed by atoms with Gasteiger partial charge in [0.15, 0.2) is 0 Å². The molecule has 25 heavy (non-hydrogen) atoms. The van der Waals surface area contributed by atoms with Gasteiger partial charge >= 0.3 is 0 Å². The molecule has 0 aliphatic rings. The monoisotopic (exact) mass is 338 g/mol. The van der Waals surface area contributed by atoms with E-state index in [1.54, 1.807) is 24.2 Å². The maximum absolute atomic E-state index is 6.29. The molecule has 0 atom stereocenters. The topological polar surface area (TPSA) is 90.9 Å². The summed E-state index contributed by atoms with van der Waals surface area (Å²) in [5, 5.41) is 7.59. The molecule has 0 bridgehead atoms. The van der Waals surface area contributed by atoms with Gasteiger partial charge in [0.05, 0.1) is 31.1 Å². The third-order valence-electron chi connectivity index (χ3n) is 3.72. The molecule has 3 rings (SSSR count). The molecule has 0 saturated heterocycles. The van der Waals surface area contributed by atoms with Crippen LogP contribution in [0.4, 0.5) is 11.8 Å². The average Bonchev–Trinajstić information content (AvgIpc) is 2.96. The highest BCUT2D eigenvalue weighted by molar-refractivity contribution is 5.71. The Morgan fingerprint density at radius 1 is 1.20 bits per heavy atom. The van der Waals surface area contributed by atoms with Crippen molar-refractivity contribution in [3.05, 3.63) is 48.3 Å². The lowest BCUT2D eigenvalue weighted by Gasteiger charge is -2.09. The molecule has 0 aliphatic carbocycles. The molecule has 7 nitrogen and oxygen atoms in total. The lowest BCUT2D eigenvalue weighted by Crippen LogP contribution is -2.12. The van der Waals surface area contributed by atoms with Gasteiger partial charge in [-0.25, -0.2) is 14.6 Å². The molecule has 0 amide bonds. The van der Waals surface area contributed by atoms with Crippen LogP contribution in [0.15, 0.2) is 42.7 Å². The minimum absolute atomic E-state index is 0.255. The van der Waals surface area contributed by atoms with Gasteiger partial charge in [-0.2, -0.15) is 5.10 Å². The van der Waals surface area contributed by atoms with E-state index in [2.05, 4.69) is 20.4 Å². The van der Waals surface area contributed by atoms with E-state index >= 15 is 0 Å². The highest BCUT2D eigenvalue weighted by Gasteiger charge is 2.12. The van der Waals surface area contributed by atoms with Crippen LogP contribution < -0.4 is 15.8 Å². The largest absolute Gasteiger partial charge is 0.497 e. The Labute approximate surface area is 146 Å². The average molecular weight is 338 g/mol. The van der Waals surface area contributed by atoms with Gasteiger partial charge in [-0.3, -0.25) is 0 Å². The molecule has 7 heteroatoms. The van der Waals surface area contributed by atoms with E-state index in [0.717, 1.165) is 22.6 Å². The number of rotatable bonds is 6. The van der Waals surface area contributed by atoms with Crippen LogP contribution in [-0.2, 0) is 6.54 Å². The van der Waals surface area contributed by atoms with Gasteiger partial charge in [0.1, 0.15) is 11.6 Å². The molecule has 0 fully saturated rings. The fraction of sp³-hybridized carbons (Fsp3) is 0.278. The van der Waals surface area contributed by atoms with E-state index in [1.165, 1.54) is 0 Å². The van der Waals surface area contributed by atoms with Crippen LogP contribution in [0.3, 0.4) is 0 Å². The van der Waals surface area contributed by atoms with Crippen molar-refractivity contribution in [1.82, 2.24) is 19.7 Å². The zero-order chi connectivity index (χ0) is 17.8. The van der Waals surface area contributed by atoms with Crippen molar-refractivity contribution in [2.45, 2.75) is 26.4 Å². The van der Waals surface area contributed by atoms with Crippen LogP contribution >= 0.6 is 0 Å². The molecule has 130 valence electrons. The summed E-state index contributed by atoms with van der Waals surface area (Å²) in [4.78, 5) is 8.74. The Bertz CT molecular complexity index is 841. The van der Waals surface area contributed by atoms with E-state index in [0.29, 0.717) is 18.3 Å². The number of nitrogen functional groups attached to an aromatic ring is 1. The number of ether oxygens (including phenoxy) is 1.